The van der Waals surface area contributed by atoms with E-state index in [2.05, 4.69) is 10.3 Å². The van der Waals surface area contributed by atoms with Crippen molar-refractivity contribution in [1.82, 2.24) is 9.88 Å². The molecule has 1 aromatic heterocycles. The van der Waals surface area contributed by atoms with Gasteiger partial charge in [0.2, 0.25) is 5.91 Å². The molecule has 6 nitrogen and oxygen atoms in total. The molecule has 7 heteroatoms. The van der Waals surface area contributed by atoms with Gasteiger partial charge < -0.3 is 15.3 Å². The van der Waals surface area contributed by atoms with E-state index in [0.29, 0.717) is 13.1 Å². The number of nitrogens with one attached hydrogen (secondary N) is 1. The van der Waals surface area contributed by atoms with E-state index in [4.69, 9.17) is 0 Å². The maximum absolute atomic E-state index is 13.8. The van der Waals surface area contributed by atoms with Gasteiger partial charge in [-0.3, -0.25) is 9.78 Å². The van der Waals surface area contributed by atoms with Gasteiger partial charge in [-0.1, -0.05) is 6.07 Å². The number of hydrogen-bond donors (Lipinski definition) is 2. The third-order valence-electron chi connectivity index (χ3n) is 6.29. The highest BCUT2D eigenvalue weighted by Crippen LogP contribution is 2.33. The van der Waals surface area contributed by atoms with Gasteiger partial charge in [0.1, 0.15) is 11.9 Å². The minimum absolute atomic E-state index is 0.0136. The molecule has 0 aliphatic carbocycles. The van der Waals surface area contributed by atoms with Crippen LogP contribution in [0.3, 0.4) is 0 Å². The summed E-state index contributed by atoms with van der Waals surface area (Å²) in [4.78, 5) is 18.8. The minimum Gasteiger partial charge on any atom is -0.395 e. The molecule has 1 saturated heterocycles. The number of aliphatic hydroxyl groups excluding tert-OH is 1. The molecule has 170 valence electrons. The fraction of sp³-hybridized carbons (Fsp3) is 0.346. The van der Waals surface area contributed by atoms with Crippen molar-refractivity contribution in [2.24, 2.45) is 5.41 Å². The maximum Gasteiger partial charge on any atom is 0.230 e. The summed E-state index contributed by atoms with van der Waals surface area (Å²) in [5.74, 6) is -0.556. The Hall–Kier alpha value is -3.50. The monoisotopic (exact) mass is 446 g/mol. The van der Waals surface area contributed by atoms with Gasteiger partial charge in [-0.2, -0.15) is 5.26 Å². The number of benzene rings is 2. The summed E-state index contributed by atoms with van der Waals surface area (Å²) in [6, 6.07) is 12.6. The number of aromatic nitrogens is 1. The van der Waals surface area contributed by atoms with Gasteiger partial charge in [0.15, 0.2) is 0 Å². The molecule has 2 N–H and O–H groups in total. The molecule has 4 rings (SSSR count). The van der Waals surface area contributed by atoms with Crippen molar-refractivity contribution in [2.45, 2.75) is 32.7 Å². The number of likely N-dealkylation sites (tertiary alicyclic amines) is 1. The molecular formula is C26H27FN4O2. The van der Waals surface area contributed by atoms with Crippen LogP contribution in [0.2, 0.25) is 0 Å². The van der Waals surface area contributed by atoms with Crippen LogP contribution in [0.4, 0.5) is 10.1 Å². The quantitative estimate of drug-likeness (QED) is 0.609. The molecule has 33 heavy (non-hydrogen) atoms. The summed E-state index contributed by atoms with van der Waals surface area (Å²) in [6.07, 6.45) is 5.12. The number of piperidine rings is 1. The van der Waals surface area contributed by atoms with E-state index in [0.717, 1.165) is 40.4 Å². The van der Waals surface area contributed by atoms with E-state index >= 15 is 0 Å². The van der Waals surface area contributed by atoms with Gasteiger partial charge in [0, 0.05) is 42.6 Å². The molecule has 0 unspecified atom stereocenters. The number of anilines is 1. The van der Waals surface area contributed by atoms with E-state index in [1.807, 2.05) is 35.4 Å². The van der Waals surface area contributed by atoms with Crippen LogP contribution in [0.5, 0.6) is 0 Å². The summed E-state index contributed by atoms with van der Waals surface area (Å²) in [7, 11) is 0. The van der Waals surface area contributed by atoms with Gasteiger partial charge in [0.05, 0.1) is 17.6 Å². The Labute approximate surface area is 192 Å². The molecule has 1 aliphatic heterocycles. The van der Waals surface area contributed by atoms with Gasteiger partial charge in [0.25, 0.3) is 0 Å². The minimum atomic E-state index is -0.770. The van der Waals surface area contributed by atoms with Crippen molar-refractivity contribution in [1.29, 1.82) is 5.26 Å². The van der Waals surface area contributed by atoms with E-state index < -0.39 is 11.2 Å². The summed E-state index contributed by atoms with van der Waals surface area (Å²) >= 11 is 0. The van der Waals surface area contributed by atoms with E-state index in [9.17, 15) is 19.6 Å². The average molecular weight is 447 g/mol. The standard InChI is InChI=1S/C26H27FN4O2/c1-26(2,16-32)25(33)31-9-6-21(7-10-31)30-24-13-19(12-18-5-8-29-15-22(18)24)17-3-4-23(27)20(11-17)14-28/h3-5,8,11-13,15,21,30,32H,6-7,9-10,16H2,1-2H3. The molecule has 1 aliphatic rings. The van der Waals surface area contributed by atoms with Crippen molar-refractivity contribution in [3.63, 3.8) is 0 Å². The Kier molecular flexibility index (Phi) is 6.30. The predicted octanol–water partition coefficient (Wildman–Crippen LogP) is 4.33. The molecule has 3 aromatic rings. The number of halogens is 1. The number of amides is 1. The number of nitriles is 1. The SMILES string of the molecule is CC(C)(CO)C(=O)N1CCC(Nc2cc(-c3ccc(F)c(C#N)c3)cc3ccncc23)CC1. The lowest BCUT2D eigenvalue weighted by molar-refractivity contribution is -0.143. The Balaban J connectivity index is 1.59. The van der Waals surface area contributed by atoms with Crippen LogP contribution >= 0.6 is 0 Å². The van der Waals surface area contributed by atoms with Crippen LogP contribution in [0.1, 0.15) is 32.3 Å². The second-order valence-corrected chi connectivity index (χ2v) is 9.18. The second-order valence-electron chi connectivity index (χ2n) is 9.18. The van der Waals surface area contributed by atoms with Crippen LogP contribution in [0.25, 0.3) is 21.9 Å². The van der Waals surface area contributed by atoms with Gasteiger partial charge >= 0.3 is 0 Å². The Morgan fingerprint density at radius 2 is 2.00 bits per heavy atom. The number of fused-ring (bicyclic) bond motifs is 1. The largest absolute Gasteiger partial charge is 0.395 e. The second kappa shape index (κ2) is 9.16. The van der Waals surface area contributed by atoms with Crippen molar-refractivity contribution >= 4 is 22.4 Å². The fourth-order valence-corrected chi connectivity index (χ4v) is 4.22. The summed E-state index contributed by atoms with van der Waals surface area (Å²) in [5, 5.41) is 24.3. The van der Waals surface area contributed by atoms with Crippen LogP contribution in [-0.4, -0.2) is 46.6 Å². The topological polar surface area (TPSA) is 89.2 Å². The third kappa shape index (κ3) is 4.67. The molecule has 0 bridgehead atoms. The van der Waals surface area contributed by atoms with Crippen LogP contribution < -0.4 is 5.32 Å². The van der Waals surface area contributed by atoms with Gasteiger partial charge in [-0.15, -0.1) is 0 Å². The maximum atomic E-state index is 13.8. The highest BCUT2D eigenvalue weighted by atomic mass is 19.1. The number of hydrogen-bond acceptors (Lipinski definition) is 5. The zero-order chi connectivity index (χ0) is 23.6. The molecule has 0 saturated carbocycles. The van der Waals surface area contributed by atoms with Crippen LogP contribution in [0, 0.1) is 22.6 Å². The molecule has 1 fully saturated rings. The zero-order valence-corrected chi connectivity index (χ0v) is 18.8. The smallest absolute Gasteiger partial charge is 0.230 e. The number of aliphatic hydroxyl groups is 1. The predicted molar refractivity (Wildman–Crippen MR) is 126 cm³/mol. The summed E-state index contributed by atoms with van der Waals surface area (Å²) in [6.45, 7) is 4.60. The molecule has 0 radical (unpaired) electrons. The van der Waals surface area contributed by atoms with Crippen LogP contribution in [0.15, 0.2) is 48.8 Å². The Morgan fingerprint density at radius 1 is 1.24 bits per heavy atom. The summed E-state index contributed by atoms with van der Waals surface area (Å²) in [5.41, 5.74) is 1.80. The summed E-state index contributed by atoms with van der Waals surface area (Å²) < 4.78 is 13.8. The lowest BCUT2D eigenvalue weighted by Crippen LogP contribution is -2.48. The average Bonchev–Trinajstić information content (AvgIpc) is 2.84. The number of nitrogens with zero attached hydrogens (tertiary/aromatic N) is 3. The first-order valence-corrected chi connectivity index (χ1v) is 11.1. The van der Waals surface area contributed by atoms with Crippen LogP contribution in [-0.2, 0) is 4.79 Å². The Bertz CT molecular complexity index is 1230. The molecule has 2 heterocycles. The molecule has 1 amide bonds. The van der Waals surface area contributed by atoms with Gasteiger partial charge in [-0.25, -0.2) is 4.39 Å². The fourth-order valence-electron chi connectivity index (χ4n) is 4.22. The molecule has 0 atom stereocenters. The van der Waals surface area contributed by atoms with E-state index in [1.165, 1.54) is 6.07 Å². The first kappa shape index (κ1) is 22.7. The molecule has 0 spiro atoms. The number of rotatable bonds is 5. The lowest BCUT2D eigenvalue weighted by Gasteiger charge is -2.37. The highest BCUT2D eigenvalue weighted by Gasteiger charge is 2.33. The zero-order valence-electron chi connectivity index (χ0n) is 18.8. The van der Waals surface area contributed by atoms with E-state index in [1.54, 1.807) is 32.2 Å². The molecular weight excluding hydrogens is 419 g/mol. The first-order chi connectivity index (χ1) is 15.8. The normalized spacial score (nSPS) is 14.8. The first-order valence-electron chi connectivity index (χ1n) is 11.1. The Morgan fingerprint density at radius 3 is 2.70 bits per heavy atom. The lowest BCUT2D eigenvalue weighted by atomic mass is 9.91. The third-order valence-corrected chi connectivity index (χ3v) is 6.29. The van der Waals surface area contributed by atoms with E-state index in [-0.39, 0.29) is 24.1 Å². The van der Waals surface area contributed by atoms with Crippen molar-refractivity contribution in [3.05, 3.63) is 60.2 Å². The van der Waals surface area contributed by atoms with Crippen molar-refractivity contribution in [2.75, 3.05) is 25.0 Å². The number of carbonyl (C=O) groups excluding carboxylic acids is 1. The number of pyridine rings is 1. The highest BCUT2D eigenvalue weighted by molar-refractivity contribution is 5.97. The number of carbonyl (C=O) groups is 1. The van der Waals surface area contributed by atoms with Crippen molar-refractivity contribution < 1.29 is 14.3 Å². The van der Waals surface area contributed by atoms with Crippen molar-refractivity contribution in [3.8, 4) is 17.2 Å². The van der Waals surface area contributed by atoms with Gasteiger partial charge in [-0.05, 0) is 73.5 Å². The molecule has 2 aromatic carbocycles.